The summed E-state index contributed by atoms with van der Waals surface area (Å²) in [7, 11) is 0. The molecular weight excluding hydrogens is 446 g/mol. The SMILES string of the molecule is CCOC(=O)C(=CNc1cccc(OCCc2ccc(Oc3ccccc3)cc2)c1)C(=O)OCC. The number of rotatable bonds is 12. The minimum Gasteiger partial charge on any atom is -0.493 e. The Balaban J connectivity index is 1.54. The van der Waals surface area contributed by atoms with E-state index in [-0.39, 0.29) is 18.8 Å². The molecule has 7 heteroatoms. The Morgan fingerprint density at radius 2 is 1.40 bits per heavy atom. The predicted molar refractivity (Wildman–Crippen MR) is 134 cm³/mol. The first-order chi connectivity index (χ1) is 17.1. The molecule has 0 aliphatic heterocycles. The Morgan fingerprint density at radius 1 is 0.771 bits per heavy atom. The highest BCUT2D eigenvalue weighted by Crippen LogP contribution is 2.22. The molecule has 0 saturated heterocycles. The van der Waals surface area contributed by atoms with Gasteiger partial charge in [-0.3, -0.25) is 0 Å². The number of ether oxygens (including phenoxy) is 4. The fourth-order valence-corrected chi connectivity index (χ4v) is 3.09. The first kappa shape index (κ1) is 25.4. The van der Waals surface area contributed by atoms with E-state index in [9.17, 15) is 9.59 Å². The Morgan fingerprint density at radius 3 is 2.06 bits per heavy atom. The van der Waals surface area contributed by atoms with Crippen molar-refractivity contribution in [1.29, 1.82) is 0 Å². The fourth-order valence-electron chi connectivity index (χ4n) is 3.09. The largest absolute Gasteiger partial charge is 0.493 e. The smallest absolute Gasteiger partial charge is 0.347 e. The van der Waals surface area contributed by atoms with Gasteiger partial charge in [0.05, 0.1) is 19.8 Å². The van der Waals surface area contributed by atoms with Gasteiger partial charge >= 0.3 is 11.9 Å². The lowest BCUT2D eigenvalue weighted by Crippen LogP contribution is -2.19. The van der Waals surface area contributed by atoms with Gasteiger partial charge in [0, 0.05) is 24.4 Å². The molecule has 0 saturated carbocycles. The summed E-state index contributed by atoms with van der Waals surface area (Å²) in [5.41, 5.74) is 1.56. The molecule has 182 valence electrons. The number of hydrogen-bond donors (Lipinski definition) is 1. The normalized spacial score (nSPS) is 10.1. The van der Waals surface area contributed by atoms with Crippen LogP contribution in [0, 0.1) is 0 Å². The van der Waals surface area contributed by atoms with Crippen molar-refractivity contribution >= 4 is 17.6 Å². The van der Waals surface area contributed by atoms with Gasteiger partial charge in [-0.25, -0.2) is 9.59 Å². The molecule has 3 aromatic rings. The zero-order valence-electron chi connectivity index (χ0n) is 19.9. The van der Waals surface area contributed by atoms with E-state index in [1.807, 2.05) is 66.7 Å². The van der Waals surface area contributed by atoms with Gasteiger partial charge < -0.3 is 24.3 Å². The fraction of sp³-hybridized carbons (Fsp3) is 0.214. The van der Waals surface area contributed by atoms with Crippen LogP contribution in [0.1, 0.15) is 19.4 Å². The molecule has 0 aliphatic rings. The van der Waals surface area contributed by atoms with Crippen molar-refractivity contribution in [3.63, 3.8) is 0 Å². The first-order valence-corrected chi connectivity index (χ1v) is 11.4. The van der Waals surface area contributed by atoms with E-state index in [1.54, 1.807) is 26.0 Å². The van der Waals surface area contributed by atoms with Crippen LogP contribution in [0.15, 0.2) is 90.6 Å². The molecule has 35 heavy (non-hydrogen) atoms. The van der Waals surface area contributed by atoms with Gasteiger partial charge in [-0.1, -0.05) is 36.4 Å². The third-order valence-corrected chi connectivity index (χ3v) is 4.77. The van der Waals surface area contributed by atoms with Crippen LogP contribution in [0.2, 0.25) is 0 Å². The summed E-state index contributed by atoms with van der Waals surface area (Å²) in [6.45, 7) is 4.13. The molecule has 7 nitrogen and oxygen atoms in total. The summed E-state index contributed by atoms with van der Waals surface area (Å²) in [5.74, 6) is 0.736. The molecule has 0 aliphatic carbocycles. The van der Waals surface area contributed by atoms with Crippen molar-refractivity contribution in [2.75, 3.05) is 25.1 Å². The Labute approximate surface area is 205 Å². The molecule has 0 unspecified atom stereocenters. The highest BCUT2D eigenvalue weighted by atomic mass is 16.6. The van der Waals surface area contributed by atoms with Crippen molar-refractivity contribution in [2.24, 2.45) is 0 Å². The van der Waals surface area contributed by atoms with Crippen molar-refractivity contribution in [3.8, 4) is 17.2 Å². The van der Waals surface area contributed by atoms with E-state index in [0.717, 1.165) is 23.5 Å². The van der Waals surface area contributed by atoms with Gasteiger partial charge in [0.1, 0.15) is 17.2 Å². The van der Waals surface area contributed by atoms with Crippen LogP contribution in [0.3, 0.4) is 0 Å². The van der Waals surface area contributed by atoms with Crippen molar-refractivity contribution in [2.45, 2.75) is 20.3 Å². The summed E-state index contributed by atoms with van der Waals surface area (Å²) in [6, 6.07) is 24.7. The minimum absolute atomic E-state index is 0.154. The van der Waals surface area contributed by atoms with Gasteiger partial charge in [0.2, 0.25) is 0 Å². The van der Waals surface area contributed by atoms with Crippen LogP contribution in [0.5, 0.6) is 17.2 Å². The number of anilines is 1. The third-order valence-electron chi connectivity index (χ3n) is 4.77. The lowest BCUT2D eigenvalue weighted by molar-refractivity contribution is -0.146. The predicted octanol–water partition coefficient (Wildman–Crippen LogP) is 5.52. The number of carbonyl (C=O) groups is 2. The molecule has 0 heterocycles. The maximum absolute atomic E-state index is 12.1. The number of benzene rings is 3. The van der Waals surface area contributed by atoms with E-state index >= 15 is 0 Å². The Hall–Kier alpha value is -4.26. The van der Waals surface area contributed by atoms with Crippen molar-refractivity contribution in [3.05, 3.63) is 96.2 Å². The van der Waals surface area contributed by atoms with E-state index in [4.69, 9.17) is 18.9 Å². The summed E-state index contributed by atoms with van der Waals surface area (Å²) >= 11 is 0. The molecule has 0 aromatic heterocycles. The summed E-state index contributed by atoms with van der Waals surface area (Å²) in [4.78, 5) is 24.1. The number of para-hydroxylation sites is 1. The van der Waals surface area contributed by atoms with Gasteiger partial charge in [0.25, 0.3) is 0 Å². The van der Waals surface area contributed by atoms with Gasteiger partial charge in [0.15, 0.2) is 5.57 Å². The monoisotopic (exact) mass is 475 g/mol. The number of hydrogen-bond acceptors (Lipinski definition) is 7. The van der Waals surface area contributed by atoms with Crippen LogP contribution in [-0.2, 0) is 25.5 Å². The molecule has 3 rings (SSSR count). The van der Waals surface area contributed by atoms with Crippen LogP contribution < -0.4 is 14.8 Å². The molecule has 0 bridgehead atoms. The van der Waals surface area contributed by atoms with Gasteiger partial charge in [-0.2, -0.15) is 0 Å². The molecule has 3 aromatic carbocycles. The molecule has 1 N–H and O–H groups in total. The number of esters is 2. The Bertz CT molecular complexity index is 1110. The highest BCUT2D eigenvalue weighted by Gasteiger charge is 2.20. The lowest BCUT2D eigenvalue weighted by atomic mass is 10.1. The summed E-state index contributed by atoms with van der Waals surface area (Å²) in [6.07, 6.45) is 2.01. The van der Waals surface area contributed by atoms with Crippen LogP contribution in [-0.4, -0.2) is 31.8 Å². The zero-order chi connectivity index (χ0) is 24.9. The average Bonchev–Trinajstić information content (AvgIpc) is 2.86. The van der Waals surface area contributed by atoms with Crippen LogP contribution in [0.4, 0.5) is 5.69 Å². The van der Waals surface area contributed by atoms with Crippen molar-refractivity contribution in [1.82, 2.24) is 0 Å². The summed E-state index contributed by atoms with van der Waals surface area (Å²) < 4.78 is 21.6. The maximum atomic E-state index is 12.1. The molecular formula is C28H29NO6. The second kappa shape index (κ2) is 13.4. The Kier molecular flexibility index (Phi) is 9.75. The molecule has 0 radical (unpaired) electrons. The molecule has 0 amide bonds. The number of carbonyl (C=O) groups excluding carboxylic acids is 2. The third kappa shape index (κ3) is 8.23. The van der Waals surface area contributed by atoms with Crippen LogP contribution in [0.25, 0.3) is 0 Å². The highest BCUT2D eigenvalue weighted by molar-refractivity contribution is 6.14. The van der Waals surface area contributed by atoms with Crippen molar-refractivity contribution < 1.29 is 28.5 Å². The van der Waals surface area contributed by atoms with E-state index in [2.05, 4.69) is 5.32 Å². The topological polar surface area (TPSA) is 83.1 Å². The van der Waals surface area contributed by atoms with Gasteiger partial charge in [-0.05, 0) is 55.8 Å². The number of nitrogens with one attached hydrogen (secondary N) is 1. The quantitative estimate of drug-likeness (QED) is 0.160. The average molecular weight is 476 g/mol. The van der Waals surface area contributed by atoms with E-state index < -0.39 is 11.9 Å². The molecule has 0 atom stereocenters. The molecule has 0 spiro atoms. The van der Waals surface area contributed by atoms with Crippen LogP contribution >= 0.6 is 0 Å². The second-order valence-corrected chi connectivity index (χ2v) is 7.33. The first-order valence-electron chi connectivity index (χ1n) is 11.4. The minimum atomic E-state index is -0.744. The second-order valence-electron chi connectivity index (χ2n) is 7.33. The zero-order valence-corrected chi connectivity index (χ0v) is 19.9. The summed E-state index contributed by atoms with van der Waals surface area (Å²) in [5, 5.41) is 2.94. The van der Waals surface area contributed by atoms with E-state index in [0.29, 0.717) is 18.0 Å². The lowest BCUT2D eigenvalue weighted by Gasteiger charge is -2.10. The van der Waals surface area contributed by atoms with E-state index in [1.165, 1.54) is 6.20 Å². The maximum Gasteiger partial charge on any atom is 0.347 e. The molecule has 0 fully saturated rings. The standard InChI is InChI=1S/C28H29NO6/c1-3-32-27(30)26(28(31)33-4-2)20-29-22-9-8-12-25(19-22)34-18-17-21-13-15-24(16-14-21)35-23-10-6-5-7-11-23/h5-16,19-20,29H,3-4,17-18H2,1-2H3. The van der Waals surface area contributed by atoms with Gasteiger partial charge in [-0.15, -0.1) is 0 Å².